The summed E-state index contributed by atoms with van der Waals surface area (Å²) in [6, 6.07) is 14.5. The van der Waals surface area contributed by atoms with Crippen molar-refractivity contribution in [2.24, 2.45) is 5.92 Å². The van der Waals surface area contributed by atoms with Gasteiger partial charge in [0.25, 0.3) is 10.2 Å². The Hall–Kier alpha value is -2.09. The van der Waals surface area contributed by atoms with Gasteiger partial charge >= 0.3 is 0 Å². The third-order valence-corrected chi connectivity index (χ3v) is 5.83. The maximum atomic E-state index is 12.6. The number of carbonyl (C=O) groups is 1. The second-order valence-electron chi connectivity index (χ2n) is 6.09. The van der Waals surface area contributed by atoms with Crippen LogP contribution in [-0.4, -0.2) is 36.6 Å². The van der Waals surface area contributed by atoms with E-state index in [2.05, 4.69) is 9.71 Å². The molecular weight excluding hydrogens is 338 g/mol. The minimum absolute atomic E-state index is 0.0939. The van der Waals surface area contributed by atoms with Crippen molar-refractivity contribution in [3.63, 3.8) is 0 Å². The van der Waals surface area contributed by atoms with Crippen LogP contribution < -0.4 is 4.72 Å². The van der Waals surface area contributed by atoms with E-state index in [0.29, 0.717) is 25.1 Å². The van der Waals surface area contributed by atoms with E-state index in [9.17, 15) is 13.2 Å². The fraction of sp³-hybridized carbons (Fsp3) is 0.333. The molecule has 2 heterocycles. The van der Waals surface area contributed by atoms with Crippen LogP contribution in [0.15, 0.2) is 54.7 Å². The van der Waals surface area contributed by atoms with Gasteiger partial charge in [-0.15, -0.1) is 0 Å². The van der Waals surface area contributed by atoms with Gasteiger partial charge in [0.1, 0.15) is 5.69 Å². The molecule has 1 aromatic carbocycles. The second kappa shape index (κ2) is 7.86. The summed E-state index contributed by atoms with van der Waals surface area (Å²) in [6.07, 6.45) is 2.92. The zero-order valence-corrected chi connectivity index (χ0v) is 14.7. The van der Waals surface area contributed by atoms with Crippen LogP contribution in [0.2, 0.25) is 0 Å². The van der Waals surface area contributed by atoms with Crippen molar-refractivity contribution in [3.05, 3.63) is 66.0 Å². The first-order valence-corrected chi connectivity index (χ1v) is 9.74. The van der Waals surface area contributed by atoms with E-state index < -0.39 is 10.2 Å². The van der Waals surface area contributed by atoms with Gasteiger partial charge in [0.05, 0.1) is 0 Å². The van der Waals surface area contributed by atoms with Gasteiger partial charge < -0.3 is 0 Å². The maximum Gasteiger partial charge on any atom is 0.279 e. The molecule has 1 fully saturated rings. The molecule has 6 nitrogen and oxygen atoms in total. The van der Waals surface area contributed by atoms with Crippen LogP contribution in [-0.2, 0) is 16.8 Å². The monoisotopic (exact) mass is 359 g/mol. The summed E-state index contributed by atoms with van der Waals surface area (Å²) in [5.41, 5.74) is 1.29. The van der Waals surface area contributed by atoms with Gasteiger partial charge in [-0.2, -0.15) is 17.4 Å². The molecule has 1 aliphatic rings. The van der Waals surface area contributed by atoms with E-state index in [4.69, 9.17) is 0 Å². The summed E-state index contributed by atoms with van der Waals surface area (Å²) in [4.78, 5) is 16.6. The van der Waals surface area contributed by atoms with E-state index in [1.807, 2.05) is 30.3 Å². The van der Waals surface area contributed by atoms with Crippen LogP contribution >= 0.6 is 0 Å². The maximum absolute atomic E-state index is 12.6. The molecule has 1 saturated heterocycles. The fourth-order valence-electron chi connectivity index (χ4n) is 2.95. The fourth-order valence-corrected chi connectivity index (χ4v) is 4.23. The van der Waals surface area contributed by atoms with Gasteiger partial charge in [0, 0.05) is 31.7 Å². The van der Waals surface area contributed by atoms with Crippen molar-refractivity contribution in [1.29, 1.82) is 0 Å². The van der Waals surface area contributed by atoms with E-state index in [1.165, 1.54) is 4.31 Å². The van der Waals surface area contributed by atoms with Crippen molar-refractivity contribution in [2.45, 2.75) is 19.4 Å². The highest BCUT2D eigenvalue weighted by Crippen LogP contribution is 2.22. The van der Waals surface area contributed by atoms with Gasteiger partial charge in [0.15, 0.2) is 5.78 Å². The summed E-state index contributed by atoms with van der Waals surface area (Å²) in [5.74, 6) is -0.444. The lowest BCUT2D eigenvalue weighted by Gasteiger charge is -2.31. The topological polar surface area (TPSA) is 79.4 Å². The molecule has 0 amide bonds. The van der Waals surface area contributed by atoms with E-state index >= 15 is 0 Å². The molecule has 0 saturated carbocycles. The van der Waals surface area contributed by atoms with Crippen LogP contribution in [0.25, 0.3) is 0 Å². The third-order valence-electron chi connectivity index (χ3n) is 4.31. The van der Waals surface area contributed by atoms with Crippen molar-refractivity contribution in [2.75, 3.05) is 13.1 Å². The highest BCUT2D eigenvalue weighted by atomic mass is 32.2. The minimum atomic E-state index is -3.62. The Labute approximate surface area is 148 Å². The van der Waals surface area contributed by atoms with Gasteiger partial charge in [-0.05, 0) is 30.5 Å². The first kappa shape index (κ1) is 17.7. The summed E-state index contributed by atoms with van der Waals surface area (Å²) in [7, 11) is -3.62. The van der Waals surface area contributed by atoms with E-state index in [1.54, 1.807) is 24.4 Å². The van der Waals surface area contributed by atoms with Crippen molar-refractivity contribution >= 4 is 16.0 Å². The van der Waals surface area contributed by atoms with Crippen molar-refractivity contribution in [1.82, 2.24) is 14.0 Å². The lowest BCUT2D eigenvalue weighted by Crippen LogP contribution is -2.47. The number of carbonyl (C=O) groups excluding carboxylic acids is 1. The average Bonchev–Trinajstić information content (AvgIpc) is 2.67. The molecule has 0 bridgehead atoms. The molecule has 1 aliphatic heterocycles. The predicted octanol–water partition coefficient (Wildman–Crippen LogP) is 2.01. The van der Waals surface area contributed by atoms with Crippen molar-refractivity contribution in [3.8, 4) is 0 Å². The highest BCUT2D eigenvalue weighted by Gasteiger charge is 2.32. The molecule has 2 aromatic rings. The smallest absolute Gasteiger partial charge is 0.279 e. The first-order valence-electron chi connectivity index (χ1n) is 8.30. The predicted molar refractivity (Wildman–Crippen MR) is 95.1 cm³/mol. The van der Waals surface area contributed by atoms with Crippen molar-refractivity contribution < 1.29 is 13.2 Å². The number of nitrogens with one attached hydrogen (secondary N) is 1. The molecule has 25 heavy (non-hydrogen) atoms. The Morgan fingerprint density at radius 2 is 1.92 bits per heavy atom. The van der Waals surface area contributed by atoms with E-state index in [-0.39, 0.29) is 24.8 Å². The molecule has 0 radical (unpaired) electrons. The average molecular weight is 359 g/mol. The number of aromatic nitrogens is 1. The van der Waals surface area contributed by atoms with E-state index in [0.717, 1.165) is 5.56 Å². The Bertz CT molecular complexity index is 810. The highest BCUT2D eigenvalue weighted by molar-refractivity contribution is 7.87. The van der Waals surface area contributed by atoms with Crippen LogP contribution in [0.4, 0.5) is 0 Å². The number of rotatable bonds is 6. The molecular formula is C18H21N3O3S. The number of piperidine rings is 1. The molecule has 1 atom stereocenters. The van der Waals surface area contributed by atoms with Gasteiger partial charge in [0.2, 0.25) is 0 Å². The largest absolute Gasteiger partial charge is 0.292 e. The zero-order chi connectivity index (χ0) is 17.7. The second-order valence-corrected chi connectivity index (χ2v) is 7.84. The van der Waals surface area contributed by atoms with Crippen LogP contribution in [0, 0.1) is 5.92 Å². The lowest BCUT2D eigenvalue weighted by molar-refractivity contribution is 0.0866. The normalized spacial score (nSPS) is 18.8. The quantitative estimate of drug-likeness (QED) is 0.800. The lowest BCUT2D eigenvalue weighted by atomic mass is 9.93. The molecule has 132 valence electrons. The van der Waals surface area contributed by atoms with Gasteiger partial charge in [-0.3, -0.25) is 9.78 Å². The minimum Gasteiger partial charge on any atom is -0.292 e. The SMILES string of the molecule is O=C(c1ccccn1)[C@@H]1CCCN(S(=O)(=O)NCc2ccccc2)C1. The molecule has 0 aliphatic carbocycles. The Morgan fingerprint density at radius 1 is 1.16 bits per heavy atom. The first-order chi connectivity index (χ1) is 12.1. The third kappa shape index (κ3) is 4.50. The molecule has 3 rings (SSSR count). The molecule has 7 heteroatoms. The summed E-state index contributed by atoms with van der Waals surface area (Å²) >= 11 is 0. The van der Waals surface area contributed by atoms with Gasteiger partial charge in [-0.25, -0.2) is 0 Å². The molecule has 0 spiro atoms. The number of hydrogen-bond donors (Lipinski definition) is 1. The molecule has 0 unspecified atom stereocenters. The molecule has 1 N–H and O–H groups in total. The Morgan fingerprint density at radius 3 is 2.64 bits per heavy atom. The standard InChI is InChI=1S/C18H21N3O3S/c22-18(17-10-4-5-11-19-17)16-9-6-12-21(14-16)25(23,24)20-13-15-7-2-1-3-8-15/h1-5,7-8,10-11,16,20H,6,9,12-14H2/t16-/m1/s1. The Kier molecular flexibility index (Phi) is 5.57. The summed E-state index contributed by atoms with van der Waals surface area (Å²) in [6.45, 7) is 0.855. The number of hydrogen-bond acceptors (Lipinski definition) is 4. The Balaban J connectivity index is 1.65. The summed E-state index contributed by atoms with van der Waals surface area (Å²) < 4.78 is 29.1. The summed E-state index contributed by atoms with van der Waals surface area (Å²) in [5, 5.41) is 0. The number of Topliss-reactive ketones (excluding diaryl/α,β-unsaturated/α-hetero) is 1. The van der Waals surface area contributed by atoms with Gasteiger partial charge in [-0.1, -0.05) is 36.4 Å². The zero-order valence-electron chi connectivity index (χ0n) is 13.8. The van der Waals surface area contributed by atoms with Crippen LogP contribution in [0.1, 0.15) is 28.9 Å². The number of ketones is 1. The van der Waals surface area contributed by atoms with Crippen LogP contribution in [0.3, 0.4) is 0 Å². The number of benzene rings is 1. The number of pyridine rings is 1. The number of nitrogens with zero attached hydrogens (tertiary/aromatic N) is 2. The van der Waals surface area contributed by atoms with Crippen LogP contribution in [0.5, 0.6) is 0 Å². The molecule has 1 aromatic heterocycles.